The van der Waals surface area contributed by atoms with Gasteiger partial charge in [0.15, 0.2) is 17.6 Å². The van der Waals surface area contributed by atoms with E-state index in [1.165, 1.54) is 16.7 Å². The van der Waals surface area contributed by atoms with Gasteiger partial charge in [-0.2, -0.15) is 0 Å². The number of aromatic hydroxyl groups is 2. The van der Waals surface area contributed by atoms with Crippen molar-refractivity contribution in [3.05, 3.63) is 141 Å². The fraction of sp³-hybridized carbons (Fsp3) is 0.471. The van der Waals surface area contributed by atoms with Crippen molar-refractivity contribution in [1.29, 1.82) is 0 Å². The number of phenolic OH excluding ortho intramolecular Hbond substituents is 2. The topological polar surface area (TPSA) is 202 Å². The first kappa shape index (κ1) is 56.1. The van der Waals surface area contributed by atoms with Crippen molar-refractivity contribution in [2.24, 2.45) is 5.92 Å². The van der Waals surface area contributed by atoms with E-state index >= 15 is 0 Å². The number of aromatic nitrogens is 1. The number of aromatic amines is 1. The third-order valence-corrected chi connectivity index (χ3v) is 18.1. The molecule has 1 fully saturated rings. The van der Waals surface area contributed by atoms with Crippen LogP contribution in [0.1, 0.15) is 135 Å². The highest BCUT2D eigenvalue weighted by atomic mass is 16.6. The molecule has 5 aromatic carbocycles. The van der Waals surface area contributed by atoms with Gasteiger partial charge in [-0.25, -0.2) is 0 Å². The summed E-state index contributed by atoms with van der Waals surface area (Å²) in [4.78, 5) is 3.41. The molecule has 1 aromatic heterocycles. The summed E-state index contributed by atoms with van der Waals surface area (Å²) in [7, 11) is 0. The lowest BCUT2D eigenvalue weighted by Gasteiger charge is -2.50. The maximum atomic E-state index is 12.1. The zero-order chi connectivity index (χ0) is 56.5. The highest BCUT2D eigenvalue weighted by Gasteiger charge is 2.55. The number of fused-ring (bicyclic) bond motifs is 12. The second-order valence-corrected chi connectivity index (χ2v) is 24.6. The van der Waals surface area contributed by atoms with Crippen LogP contribution in [0.2, 0.25) is 0 Å². The van der Waals surface area contributed by atoms with Gasteiger partial charge < -0.3 is 60.1 Å². The third kappa shape index (κ3) is 11.3. The van der Waals surface area contributed by atoms with Crippen molar-refractivity contribution in [2.45, 2.75) is 151 Å². The first-order valence-electron chi connectivity index (χ1n) is 30.1. The Morgan fingerprint density at radius 2 is 1.66 bits per heavy atom. The Kier molecular flexibility index (Phi) is 16.5. The van der Waals surface area contributed by atoms with Gasteiger partial charge in [0, 0.05) is 78.5 Å². The average Bonchev–Trinajstić information content (AvgIpc) is 0.909. The molecule has 3 aliphatic carbocycles. The molecule has 0 spiro atoms. The summed E-state index contributed by atoms with van der Waals surface area (Å²) >= 11 is 0. The number of aliphatic hydroxyl groups is 3. The van der Waals surface area contributed by atoms with Crippen molar-refractivity contribution >= 4 is 17.0 Å². The fourth-order valence-electron chi connectivity index (χ4n) is 14.4. The van der Waals surface area contributed by atoms with Gasteiger partial charge in [-0.05, 0) is 163 Å². The minimum Gasteiger partial charge on any atom is -0.507 e. The number of aryl methyl sites for hydroxylation is 1. The minimum absolute atomic E-state index is 0.0696. The molecule has 6 aliphatic rings. The van der Waals surface area contributed by atoms with E-state index in [1.54, 1.807) is 6.07 Å². The number of benzene rings is 5. The van der Waals surface area contributed by atoms with E-state index in [2.05, 4.69) is 119 Å². The van der Waals surface area contributed by atoms with Crippen LogP contribution in [0, 0.1) is 17.8 Å². The van der Waals surface area contributed by atoms with Crippen LogP contribution >= 0.6 is 0 Å². The van der Waals surface area contributed by atoms with Gasteiger partial charge >= 0.3 is 0 Å². The minimum atomic E-state index is -1.27. The smallest absolute Gasteiger partial charge is 0.161 e. The van der Waals surface area contributed by atoms with Crippen molar-refractivity contribution < 1.29 is 44.5 Å². The zero-order valence-electron chi connectivity index (χ0n) is 47.7. The highest BCUT2D eigenvalue weighted by molar-refractivity contribution is 5.90. The molecule has 432 valence electrons. The van der Waals surface area contributed by atoms with Crippen LogP contribution in [0.4, 0.5) is 0 Å². The molecule has 12 rings (SSSR count). The van der Waals surface area contributed by atoms with E-state index in [0.29, 0.717) is 68.2 Å². The number of ether oxygens (including phenoxy) is 4. The quantitative estimate of drug-likeness (QED) is 0.0197. The van der Waals surface area contributed by atoms with E-state index in [1.807, 2.05) is 31.3 Å². The lowest BCUT2D eigenvalue weighted by Crippen LogP contribution is -2.62. The molecule has 3 aliphatic heterocycles. The Morgan fingerprint density at radius 1 is 0.841 bits per heavy atom. The zero-order valence-corrected chi connectivity index (χ0v) is 47.7. The molecule has 82 heavy (non-hydrogen) atoms. The van der Waals surface area contributed by atoms with E-state index in [9.17, 15) is 25.5 Å². The number of phenols is 2. The Hall–Kier alpha value is -6.38. The van der Waals surface area contributed by atoms with E-state index in [0.717, 1.165) is 94.9 Å². The van der Waals surface area contributed by atoms with Gasteiger partial charge in [0.2, 0.25) is 0 Å². The summed E-state index contributed by atoms with van der Waals surface area (Å²) in [6.45, 7) is 7.87. The fourth-order valence-corrected chi connectivity index (χ4v) is 14.4. The maximum Gasteiger partial charge on any atom is 0.161 e. The molecule has 1 saturated carbocycles. The van der Waals surface area contributed by atoms with Crippen molar-refractivity contribution in [2.75, 3.05) is 46.2 Å². The van der Waals surface area contributed by atoms with Gasteiger partial charge in [0.25, 0.3) is 0 Å². The van der Waals surface area contributed by atoms with E-state index in [-0.39, 0.29) is 68.2 Å². The van der Waals surface area contributed by atoms with Gasteiger partial charge in [-0.1, -0.05) is 87.1 Å². The number of H-pyrrole nitrogens is 1. The van der Waals surface area contributed by atoms with Gasteiger partial charge in [-0.15, -0.1) is 0 Å². The number of hydrogen-bond acceptors (Lipinski definition) is 13. The standard InChI is InChI=1S/C68H81N5O9/c1-41(2)33-67(3,78)38-70-39-72-60-17-9-16-48(36-74)80-59-31-45(19-24-58(59)77)66-68(60,79-40-73-47-14-7-8-15-47)34-55-52-32-54-61(44-18-23-56-43(29-44)26-28-71-56)46(35-69-27-10-13-42-11-5-4-6-12-42)30-53-57(76)25-22-50(62(53)54)63(52)65-51(64(55)82-66)21-20-49(37-75)81-65/h4-6,11-12,18-19,22-26,28-31,41,47-49,54,60-61,66,69-78H,7-8,10,13-16,20-21,27,32-40H2,1-3H3. The Morgan fingerprint density at radius 3 is 2.48 bits per heavy atom. The third-order valence-electron chi connectivity index (χ3n) is 18.1. The molecule has 0 radical (unpaired) electrons. The first-order chi connectivity index (χ1) is 39.9. The van der Waals surface area contributed by atoms with Crippen LogP contribution < -0.4 is 35.5 Å². The Bertz CT molecular complexity index is 3360. The van der Waals surface area contributed by atoms with E-state index < -0.39 is 35.6 Å². The molecule has 0 amide bonds. The van der Waals surface area contributed by atoms with Crippen LogP contribution in [0.25, 0.3) is 28.1 Å². The molecule has 2 bridgehead atoms. The Balaban J connectivity index is 1.03. The molecule has 4 heterocycles. The molecule has 8 unspecified atom stereocenters. The molecular weight excluding hydrogens is 1030 g/mol. The van der Waals surface area contributed by atoms with Crippen LogP contribution in [0.15, 0.2) is 96.7 Å². The van der Waals surface area contributed by atoms with Crippen molar-refractivity contribution in [1.82, 2.24) is 26.3 Å². The van der Waals surface area contributed by atoms with Crippen molar-refractivity contribution in [3.63, 3.8) is 0 Å². The lowest BCUT2D eigenvalue weighted by molar-refractivity contribution is -0.143. The summed E-state index contributed by atoms with van der Waals surface area (Å²) in [5.74, 6) is 8.87. The van der Waals surface area contributed by atoms with Crippen LogP contribution in [0.5, 0.6) is 28.7 Å². The molecule has 14 heteroatoms. The lowest BCUT2D eigenvalue weighted by atomic mass is 9.62. The summed E-state index contributed by atoms with van der Waals surface area (Å²) in [5.41, 5.74) is 10.0. The monoisotopic (exact) mass is 1110 g/mol. The predicted octanol–water partition coefficient (Wildman–Crippen LogP) is 9.35. The summed E-state index contributed by atoms with van der Waals surface area (Å²) in [6, 6.07) is 28.2. The van der Waals surface area contributed by atoms with Crippen LogP contribution in [-0.4, -0.2) is 112 Å². The second-order valence-electron chi connectivity index (χ2n) is 24.6. The number of rotatable bonds is 20. The molecule has 6 aromatic rings. The van der Waals surface area contributed by atoms with Crippen LogP contribution in [-0.2, 0) is 30.4 Å². The molecule has 8 atom stereocenters. The normalized spacial score (nSPS) is 24.2. The van der Waals surface area contributed by atoms with Gasteiger partial charge in [-0.3, -0.25) is 10.6 Å². The highest BCUT2D eigenvalue weighted by Crippen LogP contribution is 2.62. The number of aliphatic hydroxyl groups excluding tert-OH is 2. The largest absolute Gasteiger partial charge is 0.507 e. The van der Waals surface area contributed by atoms with Gasteiger partial charge in [0.1, 0.15) is 41.1 Å². The summed E-state index contributed by atoms with van der Waals surface area (Å²) < 4.78 is 28.8. The van der Waals surface area contributed by atoms with E-state index in [4.69, 9.17) is 18.9 Å². The molecule has 10 N–H and O–H groups in total. The predicted molar refractivity (Wildman–Crippen MR) is 319 cm³/mol. The SMILES string of the molecule is CC(C)CC(C)(O)CNCNC1C#CCC(CO)Oc2cc(ccc2O)C2Oc3c(c4c(c5c3CCC(CO)O5)-c3ccc(O)c5c3C(C4)C(c3ccc4[nH]ccc4c3)C(CNCCCc3ccccc3)=C5)CC12OCNC1CCCC1. The van der Waals surface area contributed by atoms with Gasteiger partial charge in [0.05, 0.1) is 25.5 Å². The molecule has 14 nitrogen and oxygen atoms in total. The summed E-state index contributed by atoms with van der Waals surface area (Å²) in [5, 5.41) is 72.5. The number of hydrogen-bond donors (Lipinski definition) is 10. The second kappa shape index (κ2) is 24.1. The van der Waals surface area contributed by atoms with Crippen LogP contribution in [0.3, 0.4) is 0 Å². The average molecular weight is 1110 g/mol. The first-order valence-corrected chi connectivity index (χ1v) is 30.1. The summed E-state index contributed by atoms with van der Waals surface area (Å²) in [6.07, 6.45) is 11.4. The molecule has 0 saturated heterocycles. The molecular formula is C68H81N5O9. The Labute approximate surface area is 482 Å². The maximum absolute atomic E-state index is 12.1. The van der Waals surface area contributed by atoms with Crippen molar-refractivity contribution in [3.8, 4) is 51.7 Å². The number of nitrogens with one attached hydrogen (secondary N) is 5.